The van der Waals surface area contributed by atoms with E-state index in [1.54, 1.807) is 0 Å². The Kier molecular flexibility index (Phi) is 3.38. The molecule has 3 rings (SSSR count). The molecule has 0 amide bonds. The molecule has 1 aromatic heterocycles. The van der Waals surface area contributed by atoms with Gasteiger partial charge >= 0.3 is 0 Å². The number of benzene rings is 1. The number of likely N-dealkylation sites (N-methyl/N-ethyl adjacent to an activating group) is 1. The van der Waals surface area contributed by atoms with Gasteiger partial charge in [0, 0.05) is 5.69 Å². The quantitative estimate of drug-likeness (QED) is 0.928. The van der Waals surface area contributed by atoms with E-state index < -0.39 is 0 Å². The number of nitrogens with one attached hydrogen (secondary N) is 1. The highest BCUT2D eigenvalue weighted by Crippen LogP contribution is 2.39. The van der Waals surface area contributed by atoms with E-state index in [2.05, 4.69) is 55.0 Å². The molecular weight excluding hydrogens is 246 g/mol. The molecule has 1 aliphatic carbocycles. The zero-order valence-corrected chi connectivity index (χ0v) is 12.8. The molecule has 0 saturated carbocycles. The summed E-state index contributed by atoms with van der Waals surface area (Å²) < 4.78 is 2.25. The molecule has 106 valence electrons. The van der Waals surface area contributed by atoms with Crippen molar-refractivity contribution in [1.29, 1.82) is 0 Å². The highest BCUT2D eigenvalue weighted by molar-refractivity contribution is 5.37. The lowest BCUT2D eigenvalue weighted by Gasteiger charge is -2.22. The maximum atomic E-state index is 4.82. The summed E-state index contributed by atoms with van der Waals surface area (Å²) in [5.74, 6) is 0. The average Bonchev–Trinajstić information content (AvgIpc) is 2.95. The van der Waals surface area contributed by atoms with Gasteiger partial charge in [-0.15, -0.1) is 0 Å². The Morgan fingerprint density at radius 1 is 1.30 bits per heavy atom. The predicted molar refractivity (Wildman–Crippen MR) is 82.1 cm³/mol. The summed E-state index contributed by atoms with van der Waals surface area (Å²) >= 11 is 0. The van der Waals surface area contributed by atoms with Crippen molar-refractivity contribution in [2.45, 2.75) is 45.7 Å². The van der Waals surface area contributed by atoms with Gasteiger partial charge in [-0.2, -0.15) is 5.10 Å². The molecule has 0 aliphatic heterocycles. The van der Waals surface area contributed by atoms with Crippen LogP contribution < -0.4 is 5.32 Å². The smallest absolute Gasteiger partial charge is 0.0757 e. The first-order valence-corrected chi connectivity index (χ1v) is 7.47. The van der Waals surface area contributed by atoms with Gasteiger partial charge in [0.2, 0.25) is 0 Å². The second-order valence-electron chi connectivity index (χ2n) is 5.68. The normalized spacial score (nSPS) is 21.2. The van der Waals surface area contributed by atoms with Crippen LogP contribution in [-0.2, 0) is 12.8 Å². The molecular formula is C17H23N3. The first-order valence-electron chi connectivity index (χ1n) is 7.47. The Hall–Kier alpha value is -1.61. The lowest BCUT2D eigenvalue weighted by molar-refractivity contribution is 0.364. The first-order chi connectivity index (χ1) is 9.67. The molecule has 0 fully saturated rings. The number of aromatic nitrogens is 2. The van der Waals surface area contributed by atoms with Crippen molar-refractivity contribution in [3.05, 3.63) is 52.3 Å². The zero-order valence-electron chi connectivity index (χ0n) is 12.8. The Labute approximate surface area is 121 Å². The number of fused-ring (bicyclic) bond motifs is 1. The van der Waals surface area contributed by atoms with Crippen molar-refractivity contribution < 1.29 is 0 Å². The summed E-state index contributed by atoms with van der Waals surface area (Å²) in [6, 6.07) is 9.48. The van der Waals surface area contributed by atoms with Crippen LogP contribution in [0.5, 0.6) is 0 Å². The number of hydrogen-bond acceptors (Lipinski definition) is 2. The highest BCUT2D eigenvalue weighted by atomic mass is 15.3. The average molecular weight is 269 g/mol. The molecule has 0 radical (unpaired) electrons. The van der Waals surface area contributed by atoms with E-state index in [0.29, 0.717) is 12.1 Å². The predicted octanol–water partition coefficient (Wildman–Crippen LogP) is 3.12. The lowest BCUT2D eigenvalue weighted by Crippen LogP contribution is -2.26. The Bertz CT molecular complexity index is 627. The second kappa shape index (κ2) is 5.06. The summed E-state index contributed by atoms with van der Waals surface area (Å²) in [5.41, 5.74) is 6.77. The first kappa shape index (κ1) is 13.4. The molecule has 0 saturated heterocycles. The topological polar surface area (TPSA) is 29.9 Å². The Morgan fingerprint density at radius 3 is 2.70 bits per heavy atom. The summed E-state index contributed by atoms with van der Waals surface area (Å²) in [5, 5.41) is 8.30. The maximum Gasteiger partial charge on any atom is 0.0757 e. The molecule has 2 unspecified atom stereocenters. The van der Waals surface area contributed by atoms with Crippen LogP contribution >= 0.6 is 0 Å². The minimum Gasteiger partial charge on any atom is -0.311 e. The van der Waals surface area contributed by atoms with Gasteiger partial charge in [-0.1, -0.05) is 31.2 Å². The second-order valence-corrected chi connectivity index (χ2v) is 5.68. The fraction of sp³-hybridized carbons (Fsp3) is 0.471. The van der Waals surface area contributed by atoms with Gasteiger partial charge in [0.15, 0.2) is 0 Å². The maximum absolute atomic E-state index is 4.82. The summed E-state index contributed by atoms with van der Waals surface area (Å²) in [6.45, 7) is 6.54. The van der Waals surface area contributed by atoms with Gasteiger partial charge in [0.05, 0.1) is 17.8 Å². The largest absolute Gasteiger partial charge is 0.311 e. The number of aryl methyl sites for hydroxylation is 1. The van der Waals surface area contributed by atoms with Crippen molar-refractivity contribution in [2.75, 3.05) is 7.05 Å². The van der Waals surface area contributed by atoms with Gasteiger partial charge in [0.25, 0.3) is 0 Å². The minimum absolute atomic E-state index is 0.355. The monoisotopic (exact) mass is 269 g/mol. The van der Waals surface area contributed by atoms with Crippen LogP contribution in [0.25, 0.3) is 0 Å². The van der Waals surface area contributed by atoms with Crippen LogP contribution in [0.1, 0.15) is 47.1 Å². The molecule has 20 heavy (non-hydrogen) atoms. The molecule has 1 aromatic carbocycles. The van der Waals surface area contributed by atoms with Crippen LogP contribution in [0, 0.1) is 13.8 Å². The van der Waals surface area contributed by atoms with Crippen LogP contribution in [0.4, 0.5) is 0 Å². The number of nitrogens with zero attached hydrogens (tertiary/aromatic N) is 2. The fourth-order valence-corrected chi connectivity index (χ4v) is 3.68. The summed E-state index contributed by atoms with van der Waals surface area (Å²) in [6.07, 6.45) is 2.12. The lowest BCUT2D eigenvalue weighted by atomic mass is 10.1. The van der Waals surface area contributed by atoms with E-state index in [4.69, 9.17) is 5.10 Å². The summed E-state index contributed by atoms with van der Waals surface area (Å²) in [7, 11) is 2.05. The fourth-order valence-electron chi connectivity index (χ4n) is 3.68. The van der Waals surface area contributed by atoms with Gasteiger partial charge in [-0.3, -0.25) is 4.68 Å². The van der Waals surface area contributed by atoms with E-state index in [-0.39, 0.29) is 0 Å². The van der Waals surface area contributed by atoms with E-state index in [0.717, 1.165) is 12.8 Å². The van der Waals surface area contributed by atoms with E-state index >= 15 is 0 Å². The van der Waals surface area contributed by atoms with E-state index in [1.807, 2.05) is 7.05 Å². The van der Waals surface area contributed by atoms with Crippen LogP contribution in [0.15, 0.2) is 24.3 Å². The van der Waals surface area contributed by atoms with Crippen molar-refractivity contribution in [1.82, 2.24) is 15.1 Å². The third kappa shape index (κ3) is 1.88. The van der Waals surface area contributed by atoms with Gasteiger partial charge in [0.1, 0.15) is 0 Å². The van der Waals surface area contributed by atoms with Crippen molar-refractivity contribution in [3.8, 4) is 0 Å². The number of hydrogen-bond donors (Lipinski definition) is 1. The number of rotatable bonds is 3. The summed E-state index contributed by atoms with van der Waals surface area (Å²) in [4.78, 5) is 0. The third-order valence-electron chi connectivity index (χ3n) is 4.66. The van der Waals surface area contributed by atoms with Gasteiger partial charge < -0.3 is 5.32 Å². The standard InChI is InChI=1S/C17H23N3/c1-5-14-11(2)19-20(12(14)3)16-10-13-8-6-7-9-15(13)17(16)18-4/h6-9,16-18H,5,10H2,1-4H3. The molecule has 2 atom stereocenters. The van der Waals surface area contributed by atoms with Crippen molar-refractivity contribution >= 4 is 0 Å². The van der Waals surface area contributed by atoms with Gasteiger partial charge in [-0.25, -0.2) is 0 Å². The van der Waals surface area contributed by atoms with E-state index in [1.165, 1.54) is 28.1 Å². The Balaban J connectivity index is 2.04. The minimum atomic E-state index is 0.355. The molecule has 1 N–H and O–H groups in total. The van der Waals surface area contributed by atoms with Crippen LogP contribution in [0.2, 0.25) is 0 Å². The van der Waals surface area contributed by atoms with Crippen molar-refractivity contribution in [2.24, 2.45) is 0 Å². The molecule has 3 heteroatoms. The molecule has 1 aliphatic rings. The zero-order chi connectivity index (χ0) is 14.3. The molecule has 0 spiro atoms. The molecule has 1 heterocycles. The SMILES string of the molecule is CCc1c(C)nn(C2Cc3ccccc3C2NC)c1C. The van der Waals surface area contributed by atoms with Gasteiger partial charge in [-0.05, 0) is 50.4 Å². The Morgan fingerprint density at radius 2 is 2.05 bits per heavy atom. The van der Waals surface area contributed by atoms with Crippen molar-refractivity contribution in [3.63, 3.8) is 0 Å². The molecule has 2 aromatic rings. The molecule has 0 bridgehead atoms. The van der Waals surface area contributed by atoms with Crippen LogP contribution in [0.3, 0.4) is 0 Å². The van der Waals surface area contributed by atoms with Crippen LogP contribution in [-0.4, -0.2) is 16.8 Å². The van der Waals surface area contributed by atoms with E-state index in [9.17, 15) is 0 Å². The highest BCUT2D eigenvalue weighted by Gasteiger charge is 2.34. The third-order valence-corrected chi connectivity index (χ3v) is 4.66. The molecule has 3 nitrogen and oxygen atoms in total.